The minimum absolute atomic E-state index is 0.641. The average molecular weight is 508 g/mol. The van der Waals surface area contributed by atoms with Crippen molar-refractivity contribution in [1.82, 2.24) is 4.98 Å². The molecule has 0 unspecified atom stereocenters. The Morgan fingerprint density at radius 2 is 0.973 bits per heavy atom. The molecule has 5 heteroatoms. The number of rotatable bonds is 4. The third-order valence-corrected chi connectivity index (χ3v) is 7.47. The zero-order chi connectivity index (χ0) is 25.4. The molecule has 1 aromatic heterocycles. The number of fused-ring (bicyclic) bond motifs is 1. The molecule has 37 heavy (non-hydrogen) atoms. The van der Waals surface area contributed by atoms with Crippen molar-refractivity contribution in [2.45, 2.75) is 6.18 Å². The van der Waals surface area contributed by atoms with Crippen molar-refractivity contribution in [1.29, 1.82) is 0 Å². The van der Waals surface area contributed by atoms with Crippen LogP contribution >= 0.6 is 11.3 Å². The van der Waals surface area contributed by atoms with Gasteiger partial charge in [-0.25, -0.2) is 4.98 Å². The summed E-state index contributed by atoms with van der Waals surface area (Å²) >= 11 is 1.69. The lowest BCUT2D eigenvalue weighted by molar-refractivity contribution is -0.137. The molecule has 0 saturated carbocycles. The highest BCUT2D eigenvalue weighted by Gasteiger charge is 2.29. The van der Waals surface area contributed by atoms with Crippen molar-refractivity contribution in [3.63, 3.8) is 0 Å². The van der Waals surface area contributed by atoms with Crippen molar-refractivity contribution in [2.24, 2.45) is 0 Å². The van der Waals surface area contributed by atoms with Gasteiger partial charge in [-0.3, -0.25) is 0 Å². The number of hydrogen-bond donors (Lipinski definition) is 0. The average Bonchev–Trinajstić information content (AvgIpc) is 3.37. The standard InChI is InChI=1S/C32H20F3NS/c33-32(34,35)28-18-16-22(17-19-28)21-8-10-23(11-9-21)26-4-3-5-27(20-26)24-12-14-25(15-13-24)31-36-29-6-1-2-7-30(29)37-31/h1-20H. The molecule has 1 nitrogen and oxygen atoms in total. The van der Waals surface area contributed by atoms with Crippen LogP contribution in [0, 0.1) is 0 Å². The maximum absolute atomic E-state index is 12.9. The molecule has 0 aliphatic carbocycles. The van der Waals surface area contributed by atoms with Crippen LogP contribution in [0.4, 0.5) is 13.2 Å². The molecule has 6 aromatic rings. The number of aromatic nitrogens is 1. The fourth-order valence-corrected chi connectivity index (χ4v) is 5.36. The predicted molar refractivity (Wildman–Crippen MR) is 146 cm³/mol. The van der Waals surface area contributed by atoms with Gasteiger partial charge in [0.2, 0.25) is 0 Å². The number of benzene rings is 5. The Hall–Kier alpha value is -4.22. The van der Waals surface area contributed by atoms with E-state index in [1.807, 2.05) is 48.5 Å². The molecule has 0 aliphatic rings. The third kappa shape index (κ3) is 4.78. The third-order valence-electron chi connectivity index (χ3n) is 6.39. The smallest absolute Gasteiger partial charge is 0.236 e. The summed E-state index contributed by atoms with van der Waals surface area (Å²) in [6.07, 6.45) is -4.33. The van der Waals surface area contributed by atoms with E-state index in [-0.39, 0.29) is 0 Å². The van der Waals surface area contributed by atoms with Crippen molar-refractivity contribution in [3.05, 3.63) is 127 Å². The number of para-hydroxylation sites is 1. The maximum Gasteiger partial charge on any atom is 0.416 e. The Morgan fingerprint density at radius 1 is 0.486 bits per heavy atom. The van der Waals surface area contributed by atoms with Gasteiger partial charge in [0.05, 0.1) is 15.8 Å². The fraction of sp³-hybridized carbons (Fsp3) is 0.0312. The molecule has 0 N–H and O–H groups in total. The normalized spacial score (nSPS) is 11.6. The zero-order valence-corrected chi connectivity index (χ0v) is 20.4. The molecule has 0 saturated heterocycles. The van der Waals surface area contributed by atoms with E-state index >= 15 is 0 Å². The van der Waals surface area contributed by atoms with E-state index in [1.54, 1.807) is 11.3 Å². The van der Waals surface area contributed by atoms with Crippen LogP contribution in [-0.4, -0.2) is 4.98 Å². The summed E-state index contributed by atoms with van der Waals surface area (Å²) < 4.78 is 39.7. The highest BCUT2D eigenvalue weighted by Crippen LogP contribution is 2.34. The number of hydrogen-bond acceptors (Lipinski definition) is 2. The van der Waals surface area contributed by atoms with Crippen LogP contribution in [0.5, 0.6) is 0 Å². The van der Waals surface area contributed by atoms with E-state index in [9.17, 15) is 13.2 Å². The lowest BCUT2D eigenvalue weighted by Crippen LogP contribution is -2.03. The van der Waals surface area contributed by atoms with Crippen LogP contribution in [0.1, 0.15) is 5.56 Å². The lowest BCUT2D eigenvalue weighted by Gasteiger charge is -2.09. The first-order chi connectivity index (χ1) is 17.9. The van der Waals surface area contributed by atoms with Crippen molar-refractivity contribution < 1.29 is 13.2 Å². The number of alkyl halides is 3. The van der Waals surface area contributed by atoms with Gasteiger partial charge >= 0.3 is 6.18 Å². The summed E-state index contributed by atoms with van der Waals surface area (Å²) in [5.41, 5.74) is 7.45. The lowest BCUT2D eigenvalue weighted by atomic mass is 9.96. The Morgan fingerprint density at radius 3 is 1.51 bits per heavy atom. The summed E-state index contributed by atoms with van der Waals surface area (Å²) in [5.74, 6) is 0. The summed E-state index contributed by atoms with van der Waals surface area (Å²) in [7, 11) is 0. The molecule has 0 aliphatic heterocycles. The summed E-state index contributed by atoms with van der Waals surface area (Å²) in [5, 5.41) is 1.01. The molecule has 1 heterocycles. The quantitative estimate of drug-likeness (QED) is 0.231. The maximum atomic E-state index is 12.9. The van der Waals surface area contributed by atoms with E-state index in [1.165, 1.54) is 16.8 Å². The molecule has 0 bridgehead atoms. The van der Waals surface area contributed by atoms with Crippen LogP contribution in [0.15, 0.2) is 121 Å². The van der Waals surface area contributed by atoms with E-state index in [0.717, 1.165) is 61.6 Å². The Bertz CT molecular complexity index is 1650. The second-order valence-electron chi connectivity index (χ2n) is 8.80. The Kier molecular flexibility index (Phi) is 5.85. The number of halogens is 3. The number of nitrogens with zero attached hydrogens (tertiary/aromatic N) is 1. The molecule has 0 fully saturated rings. The van der Waals surface area contributed by atoms with Gasteiger partial charge in [0.15, 0.2) is 0 Å². The van der Waals surface area contributed by atoms with Gasteiger partial charge in [-0.05, 0) is 63.7 Å². The fourth-order valence-electron chi connectivity index (χ4n) is 4.39. The van der Waals surface area contributed by atoms with Crippen LogP contribution in [0.2, 0.25) is 0 Å². The molecule has 6 rings (SSSR count). The summed E-state index contributed by atoms with van der Waals surface area (Å²) in [6.45, 7) is 0. The van der Waals surface area contributed by atoms with Crippen LogP contribution in [0.25, 0.3) is 54.2 Å². The van der Waals surface area contributed by atoms with Gasteiger partial charge in [0, 0.05) is 5.56 Å². The van der Waals surface area contributed by atoms with Crippen molar-refractivity contribution in [3.8, 4) is 44.0 Å². The molecule has 180 valence electrons. The first-order valence-corrected chi connectivity index (χ1v) is 12.6. The molecular formula is C32H20F3NS. The second-order valence-corrected chi connectivity index (χ2v) is 9.83. The largest absolute Gasteiger partial charge is 0.416 e. The molecule has 0 spiro atoms. The topological polar surface area (TPSA) is 12.9 Å². The molecular weight excluding hydrogens is 487 g/mol. The minimum atomic E-state index is -4.33. The molecule has 0 radical (unpaired) electrons. The monoisotopic (exact) mass is 507 g/mol. The summed E-state index contributed by atoms with van der Waals surface area (Å²) in [4.78, 5) is 4.75. The molecule has 0 atom stereocenters. The van der Waals surface area contributed by atoms with Gasteiger partial charge in [0.25, 0.3) is 0 Å². The number of thiazole rings is 1. The van der Waals surface area contributed by atoms with E-state index in [2.05, 4.69) is 48.5 Å². The first kappa shape index (κ1) is 23.2. The van der Waals surface area contributed by atoms with Crippen LogP contribution < -0.4 is 0 Å². The van der Waals surface area contributed by atoms with E-state index < -0.39 is 11.7 Å². The van der Waals surface area contributed by atoms with Crippen LogP contribution in [-0.2, 0) is 6.18 Å². The van der Waals surface area contributed by atoms with Gasteiger partial charge in [-0.2, -0.15) is 13.2 Å². The van der Waals surface area contributed by atoms with Gasteiger partial charge in [-0.1, -0.05) is 91.0 Å². The first-order valence-electron chi connectivity index (χ1n) is 11.8. The van der Waals surface area contributed by atoms with E-state index in [0.29, 0.717) is 0 Å². The Labute approximate surface area is 216 Å². The second kappa shape index (κ2) is 9.34. The van der Waals surface area contributed by atoms with Gasteiger partial charge in [0.1, 0.15) is 5.01 Å². The van der Waals surface area contributed by atoms with Gasteiger partial charge in [-0.15, -0.1) is 11.3 Å². The Balaban J connectivity index is 1.23. The van der Waals surface area contributed by atoms with E-state index in [4.69, 9.17) is 4.98 Å². The highest BCUT2D eigenvalue weighted by molar-refractivity contribution is 7.21. The minimum Gasteiger partial charge on any atom is -0.236 e. The van der Waals surface area contributed by atoms with Crippen molar-refractivity contribution in [2.75, 3.05) is 0 Å². The SMILES string of the molecule is FC(F)(F)c1ccc(-c2ccc(-c3cccc(-c4ccc(-c5nc6ccccc6s5)cc4)c3)cc2)cc1. The predicted octanol–water partition coefficient (Wildman–Crippen LogP) is 9.98. The van der Waals surface area contributed by atoms with Crippen molar-refractivity contribution >= 4 is 21.6 Å². The molecule has 0 amide bonds. The van der Waals surface area contributed by atoms with Crippen LogP contribution in [0.3, 0.4) is 0 Å². The summed E-state index contributed by atoms with van der Waals surface area (Å²) in [6, 6.07) is 38.1. The molecule has 5 aromatic carbocycles. The highest BCUT2D eigenvalue weighted by atomic mass is 32.1. The zero-order valence-electron chi connectivity index (χ0n) is 19.5. The van der Waals surface area contributed by atoms with Gasteiger partial charge < -0.3 is 0 Å².